The van der Waals surface area contributed by atoms with E-state index in [-0.39, 0.29) is 42.2 Å². The first-order valence-electron chi connectivity index (χ1n) is 18.5. The van der Waals surface area contributed by atoms with Crippen LogP contribution in [0.2, 0.25) is 5.02 Å². The SMILES string of the molecule is CC(C)n1cnc2cc(-c3cnc4c(c3)N([C@H]3C[C@@](C)(N5CC6CC6C5)C3)C(=O)C4(C)C)nc(Nc3cc(C(=O)NC4(C(F)F)CC4)c(Cl)c(F)c3F)c21. The number of nitrogens with one attached hydrogen (secondary N) is 2. The summed E-state index contributed by atoms with van der Waals surface area (Å²) in [4.78, 5) is 45.9. The van der Waals surface area contributed by atoms with Crippen molar-refractivity contribution >= 4 is 51.6 Å². The van der Waals surface area contributed by atoms with Crippen LogP contribution in [-0.4, -0.2) is 72.9 Å². The summed E-state index contributed by atoms with van der Waals surface area (Å²) < 4.78 is 60.0. The van der Waals surface area contributed by atoms with E-state index in [4.69, 9.17) is 21.6 Å². The Kier molecular flexibility index (Phi) is 7.77. The van der Waals surface area contributed by atoms with Crippen molar-refractivity contribution in [2.75, 3.05) is 23.3 Å². The standard InChI is InChI=1S/C39H41ClF4N8O2/c1-18(2)51-17-46-26-11-24(47-33(31(26)51)48-25-10-23(28(40)30(42)29(25)41)34(53)49-39(6-7-39)35(43)44)19-9-27-32(45-14-19)37(3,4)36(54)52(27)22-12-38(5,13-22)50-15-20-8-21(20)16-50/h9-11,14,17-18,20-22,35H,6-8,12-13,15-16H2,1-5H3,(H,47,48)(H,49,53)/t20?,21?,22-,38+. The minimum absolute atomic E-state index is 0.00106. The van der Waals surface area contributed by atoms with E-state index in [1.54, 1.807) is 18.6 Å². The maximum Gasteiger partial charge on any atom is 0.261 e. The van der Waals surface area contributed by atoms with Gasteiger partial charge in [0.1, 0.15) is 11.1 Å². The van der Waals surface area contributed by atoms with Gasteiger partial charge in [-0.2, -0.15) is 0 Å². The van der Waals surface area contributed by atoms with E-state index in [9.17, 15) is 18.4 Å². The lowest BCUT2D eigenvalue weighted by molar-refractivity contribution is -0.123. The number of imidazole rings is 1. The average Bonchev–Trinajstić information content (AvgIpc) is 3.95. The quantitative estimate of drug-likeness (QED) is 0.133. The predicted octanol–water partition coefficient (Wildman–Crippen LogP) is 7.77. The van der Waals surface area contributed by atoms with Gasteiger partial charge < -0.3 is 20.1 Å². The maximum absolute atomic E-state index is 15.6. The van der Waals surface area contributed by atoms with Gasteiger partial charge in [0.25, 0.3) is 12.3 Å². The number of halogens is 5. The highest BCUT2D eigenvalue weighted by Gasteiger charge is 2.58. The first-order valence-corrected chi connectivity index (χ1v) is 18.9. The van der Waals surface area contributed by atoms with E-state index in [2.05, 4.69) is 27.4 Å². The summed E-state index contributed by atoms with van der Waals surface area (Å²) in [6, 6.07) is 4.59. The molecule has 9 rings (SSSR count). The molecule has 4 aromatic rings. The average molecular weight is 765 g/mol. The Bertz CT molecular complexity index is 2260. The van der Waals surface area contributed by atoms with Gasteiger partial charge in [0.15, 0.2) is 17.5 Å². The fourth-order valence-corrected chi connectivity index (χ4v) is 9.09. The fraction of sp³-hybridized carbons (Fsp3) is 0.513. The largest absolute Gasteiger partial charge is 0.341 e. The van der Waals surface area contributed by atoms with E-state index in [1.165, 1.54) is 6.42 Å². The fourth-order valence-electron chi connectivity index (χ4n) is 8.87. The van der Waals surface area contributed by atoms with Crippen molar-refractivity contribution in [3.63, 3.8) is 0 Å². The van der Waals surface area contributed by atoms with Crippen molar-refractivity contribution in [3.05, 3.63) is 58.6 Å². The highest BCUT2D eigenvalue weighted by molar-refractivity contribution is 6.34. The van der Waals surface area contributed by atoms with Gasteiger partial charge in [-0.05, 0) is 96.8 Å². The van der Waals surface area contributed by atoms with Crippen LogP contribution >= 0.6 is 11.6 Å². The van der Waals surface area contributed by atoms with Crippen LogP contribution in [0.5, 0.6) is 0 Å². The molecule has 2 amide bonds. The summed E-state index contributed by atoms with van der Waals surface area (Å²) in [6.45, 7) is 12.2. The van der Waals surface area contributed by atoms with E-state index >= 15 is 8.78 Å². The van der Waals surface area contributed by atoms with Crippen LogP contribution in [0.3, 0.4) is 0 Å². The number of carbonyl (C=O) groups excluding carboxylic acids is 2. The Morgan fingerprint density at radius 1 is 1.02 bits per heavy atom. The summed E-state index contributed by atoms with van der Waals surface area (Å²) in [6.07, 6.45) is 3.61. The summed E-state index contributed by atoms with van der Waals surface area (Å²) >= 11 is 6.07. The molecule has 5 heterocycles. The molecule has 0 bridgehead atoms. The van der Waals surface area contributed by atoms with Crippen LogP contribution in [-0.2, 0) is 10.2 Å². The Morgan fingerprint density at radius 3 is 2.37 bits per heavy atom. The van der Waals surface area contributed by atoms with Crippen LogP contribution < -0.4 is 15.5 Å². The van der Waals surface area contributed by atoms with Gasteiger partial charge in [0, 0.05) is 42.5 Å². The monoisotopic (exact) mass is 764 g/mol. The molecule has 0 radical (unpaired) electrons. The zero-order valence-electron chi connectivity index (χ0n) is 30.6. The number of aromatic nitrogens is 4. The topological polar surface area (TPSA) is 108 Å². The molecule has 3 aliphatic carbocycles. The van der Waals surface area contributed by atoms with Crippen molar-refractivity contribution in [2.45, 2.75) is 102 Å². The highest BCUT2D eigenvalue weighted by atomic mass is 35.5. The lowest BCUT2D eigenvalue weighted by Gasteiger charge is -2.54. The van der Waals surface area contributed by atoms with Crippen LogP contribution in [0.25, 0.3) is 22.3 Å². The molecule has 3 saturated carbocycles. The number of anilines is 3. The number of nitrogens with zero attached hydrogens (tertiary/aromatic N) is 6. The zero-order valence-corrected chi connectivity index (χ0v) is 31.4. The molecule has 4 fully saturated rings. The third-order valence-electron chi connectivity index (χ3n) is 12.5. The summed E-state index contributed by atoms with van der Waals surface area (Å²) in [5.41, 5.74) is -0.117. The predicted molar refractivity (Wildman–Crippen MR) is 196 cm³/mol. The Morgan fingerprint density at radius 2 is 1.72 bits per heavy atom. The molecule has 284 valence electrons. The van der Waals surface area contributed by atoms with Crippen molar-refractivity contribution in [3.8, 4) is 11.3 Å². The first kappa shape index (κ1) is 35.4. The molecule has 2 unspecified atom stereocenters. The minimum atomic E-state index is -2.83. The highest BCUT2D eigenvalue weighted by Crippen LogP contribution is 2.54. The molecule has 15 heteroatoms. The van der Waals surface area contributed by atoms with Gasteiger partial charge in [-0.1, -0.05) is 11.6 Å². The van der Waals surface area contributed by atoms with Gasteiger partial charge in [-0.3, -0.25) is 19.5 Å². The Labute approximate surface area is 314 Å². The van der Waals surface area contributed by atoms with Gasteiger partial charge in [0.2, 0.25) is 5.91 Å². The van der Waals surface area contributed by atoms with Crippen LogP contribution in [0.4, 0.5) is 34.8 Å². The second-order valence-electron chi connectivity index (χ2n) is 17.0. The van der Waals surface area contributed by atoms with Crippen molar-refractivity contribution < 1.29 is 27.2 Å². The Hall–Kier alpha value is -4.30. The molecule has 5 aliphatic rings. The molecule has 54 heavy (non-hydrogen) atoms. The number of pyridine rings is 2. The zero-order chi connectivity index (χ0) is 38.2. The number of hydrogen-bond acceptors (Lipinski definition) is 7. The van der Waals surface area contributed by atoms with Gasteiger partial charge >= 0.3 is 0 Å². The smallest absolute Gasteiger partial charge is 0.261 e. The molecular weight excluding hydrogens is 724 g/mol. The maximum atomic E-state index is 15.6. The minimum Gasteiger partial charge on any atom is -0.341 e. The molecule has 2 aliphatic heterocycles. The van der Waals surface area contributed by atoms with Crippen molar-refractivity contribution in [2.24, 2.45) is 11.8 Å². The summed E-state index contributed by atoms with van der Waals surface area (Å²) in [5.74, 6) is -2.20. The van der Waals surface area contributed by atoms with Gasteiger partial charge in [-0.25, -0.2) is 27.5 Å². The number of hydrogen-bond donors (Lipinski definition) is 2. The number of likely N-dealkylation sites (tertiary alicyclic amines) is 1. The van der Waals surface area contributed by atoms with Gasteiger partial charge in [0.05, 0.1) is 50.6 Å². The van der Waals surface area contributed by atoms with Crippen LogP contribution in [0.1, 0.15) is 88.8 Å². The van der Waals surface area contributed by atoms with Crippen molar-refractivity contribution in [1.82, 2.24) is 29.7 Å². The number of benzene rings is 1. The van der Waals surface area contributed by atoms with Crippen LogP contribution in [0.15, 0.2) is 30.7 Å². The molecule has 1 aromatic carbocycles. The molecule has 2 N–H and O–H groups in total. The summed E-state index contributed by atoms with van der Waals surface area (Å²) in [7, 11) is 0. The first-order chi connectivity index (χ1) is 25.5. The lowest BCUT2D eigenvalue weighted by Crippen LogP contribution is -2.63. The molecule has 2 atom stereocenters. The molecular formula is C39H41ClF4N8O2. The molecule has 1 saturated heterocycles. The van der Waals surface area contributed by atoms with E-state index in [0.29, 0.717) is 28.0 Å². The van der Waals surface area contributed by atoms with E-state index in [0.717, 1.165) is 49.5 Å². The van der Waals surface area contributed by atoms with E-state index < -0.39 is 51.2 Å². The normalized spacial score (nSPS) is 26.3. The second-order valence-corrected chi connectivity index (χ2v) is 17.4. The number of alkyl halides is 2. The number of piperidine rings is 1. The number of amides is 2. The molecule has 3 aromatic heterocycles. The second kappa shape index (κ2) is 11.8. The lowest BCUT2D eigenvalue weighted by atomic mass is 9.71. The van der Waals surface area contributed by atoms with E-state index in [1.807, 2.05) is 43.2 Å². The summed E-state index contributed by atoms with van der Waals surface area (Å²) in [5, 5.41) is 4.30. The number of carbonyl (C=O) groups is 2. The number of rotatable bonds is 9. The third kappa shape index (κ3) is 5.33. The van der Waals surface area contributed by atoms with Crippen molar-refractivity contribution in [1.29, 1.82) is 0 Å². The molecule has 0 spiro atoms. The number of fused-ring (bicyclic) bond motifs is 3. The van der Waals surface area contributed by atoms with Crippen LogP contribution in [0, 0.1) is 23.5 Å². The Balaban J connectivity index is 1.08. The van der Waals surface area contributed by atoms with Gasteiger partial charge in [-0.15, -0.1) is 0 Å². The molecule has 10 nitrogen and oxygen atoms in total. The third-order valence-corrected chi connectivity index (χ3v) is 12.9.